The zero-order valence-corrected chi connectivity index (χ0v) is 8.61. The Balaban J connectivity index is 0.00000144. The number of thioether (sulfide) groups is 1. The van der Waals surface area contributed by atoms with Gasteiger partial charge in [-0.1, -0.05) is 0 Å². The molecule has 7 nitrogen and oxygen atoms in total. The van der Waals surface area contributed by atoms with Crippen LogP contribution in [0.3, 0.4) is 0 Å². The summed E-state index contributed by atoms with van der Waals surface area (Å²) in [5.41, 5.74) is 3.82. The lowest BCUT2D eigenvalue weighted by atomic mass is 10.8. The topological polar surface area (TPSA) is 130 Å². The predicted octanol–water partition coefficient (Wildman–Crippen LogP) is -6.37. The zero-order chi connectivity index (χ0) is 9.14. The van der Waals surface area contributed by atoms with E-state index in [2.05, 4.69) is 5.10 Å². The molecule has 0 unspecified atom stereocenters. The molecule has 0 atom stereocenters. The minimum atomic E-state index is -0.667. The fourth-order valence-corrected chi connectivity index (χ4v) is 0.976. The Morgan fingerprint density at radius 2 is 2.15 bits per heavy atom. The Hall–Kier alpha value is -1.09. The van der Waals surface area contributed by atoms with Crippen molar-refractivity contribution in [1.29, 1.82) is 0 Å². The molecule has 0 aliphatic carbocycles. The van der Waals surface area contributed by atoms with E-state index in [0.717, 1.165) is 11.8 Å². The van der Waals surface area contributed by atoms with Crippen LogP contribution in [-0.4, -0.2) is 20.3 Å². The smallest absolute Gasteiger partial charge is 0.342 e. The van der Waals surface area contributed by atoms with Crippen molar-refractivity contribution in [3.63, 3.8) is 0 Å². The lowest BCUT2D eigenvalue weighted by molar-refractivity contribution is -0.110. The van der Waals surface area contributed by atoms with Crippen molar-refractivity contribution in [2.45, 2.75) is 5.03 Å². The van der Waals surface area contributed by atoms with Crippen LogP contribution in [-0.2, 0) is 0 Å². The van der Waals surface area contributed by atoms with Crippen LogP contribution in [0, 0.1) is 0 Å². The second-order valence-corrected chi connectivity index (χ2v) is 2.88. The number of halogens is 1. The maximum absolute atomic E-state index is 10.9. The van der Waals surface area contributed by atoms with Crippen molar-refractivity contribution in [2.24, 2.45) is 5.73 Å². The number of H-pyrrole nitrogens is 2. The van der Waals surface area contributed by atoms with E-state index in [9.17, 15) is 9.59 Å². The summed E-state index contributed by atoms with van der Waals surface area (Å²) in [5, 5.41) is 10.6. The van der Waals surface area contributed by atoms with Crippen LogP contribution < -0.4 is 39.4 Å². The summed E-state index contributed by atoms with van der Waals surface area (Å²) in [7, 11) is 0. The monoisotopic (exact) mass is 267 g/mol. The normalized spacial score (nSPS) is 8.92. The number of nitrogens with two attached hydrogens (primary N) is 2. The Morgan fingerprint density at radius 1 is 1.54 bits per heavy atom. The SMILES string of the molecule is NC(=[NH2+])Sc1n[nH]c(=O)[nH]c1=O.[Br-]. The first-order valence-electron chi connectivity index (χ1n) is 2.84. The van der Waals surface area contributed by atoms with Gasteiger partial charge in [0.25, 0.3) is 5.56 Å². The van der Waals surface area contributed by atoms with Crippen LogP contribution >= 0.6 is 11.8 Å². The molecule has 1 rings (SSSR count). The molecule has 0 aliphatic heterocycles. The van der Waals surface area contributed by atoms with E-state index in [-0.39, 0.29) is 27.2 Å². The van der Waals surface area contributed by atoms with Crippen LogP contribution in [0.25, 0.3) is 0 Å². The highest BCUT2D eigenvalue weighted by molar-refractivity contribution is 8.13. The summed E-state index contributed by atoms with van der Waals surface area (Å²) in [6.45, 7) is 0. The molecule has 9 heteroatoms. The van der Waals surface area contributed by atoms with E-state index >= 15 is 0 Å². The second kappa shape index (κ2) is 4.82. The van der Waals surface area contributed by atoms with Gasteiger partial charge >= 0.3 is 10.9 Å². The summed E-state index contributed by atoms with van der Waals surface area (Å²) < 4.78 is 0. The summed E-state index contributed by atoms with van der Waals surface area (Å²) in [6, 6.07) is 0. The van der Waals surface area contributed by atoms with Crippen LogP contribution in [0.4, 0.5) is 0 Å². The standard InChI is InChI=1S/C4H5N5O2S.BrH/c5-3(6)12-2-1(10)7-4(11)9-8-2;/h(H3,5,6)(H2,7,9,10,11);1H. The molecule has 0 spiro atoms. The Labute approximate surface area is 86.4 Å². The molecule has 0 bridgehead atoms. The first-order chi connectivity index (χ1) is 5.59. The average Bonchev–Trinajstić information content (AvgIpc) is 1.94. The molecule has 0 amide bonds. The molecule has 0 saturated carbocycles. The third-order valence-corrected chi connectivity index (χ3v) is 1.60. The number of hydrogen-bond acceptors (Lipinski definition) is 4. The van der Waals surface area contributed by atoms with Gasteiger partial charge in [-0.05, 0) is 0 Å². The minimum Gasteiger partial charge on any atom is -1.00 e. The van der Waals surface area contributed by atoms with E-state index in [1.807, 2.05) is 10.1 Å². The average molecular weight is 268 g/mol. The second-order valence-electron chi connectivity index (χ2n) is 1.82. The third kappa shape index (κ3) is 3.42. The number of nitrogens with zero attached hydrogens (tertiary/aromatic N) is 1. The molecule has 0 aliphatic rings. The first-order valence-corrected chi connectivity index (χ1v) is 3.66. The fourth-order valence-electron chi connectivity index (χ4n) is 0.518. The van der Waals surface area contributed by atoms with Gasteiger partial charge in [0.05, 0.1) is 0 Å². The number of hydrogen-bond donors (Lipinski definition) is 4. The van der Waals surface area contributed by atoms with Crippen LogP contribution in [0.1, 0.15) is 0 Å². The van der Waals surface area contributed by atoms with Crippen LogP contribution in [0.15, 0.2) is 14.6 Å². The molecule has 0 saturated heterocycles. The van der Waals surface area contributed by atoms with Gasteiger partial charge in [0.2, 0.25) is 0 Å². The van der Waals surface area contributed by atoms with Crippen molar-refractivity contribution < 1.29 is 22.4 Å². The highest BCUT2D eigenvalue weighted by Gasteiger charge is 2.07. The van der Waals surface area contributed by atoms with Crippen molar-refractivity contribution >= 4 is 16.9 Å². The quantitative estimate of drug-likeness (QED) is 0.228. The zero-order valence-electron chi connectivity index (χ0n) is 6.20. The van der Waals surface area contributed by atoms with Gasteiger partial charge in [0, 0.05) is 11.8 Å². The molecular weight excluding hydrogens is 262 g/mol. The van der Waals surface area contributed by atoms with E-state index in [0.29, 0.717) is 0 Å². The van der Waals surface area contributed by atoms with Crippen LogP contribution in [0.5, 0.6) is 0 Å². The lowest BCUT2D eigenvalue weighted by Gasteiger charge is -1.89. The Morgan fingerprint density at radius 3 is 2.62 bits per heavy atom. The van der Waals surface area contributed by atoms with E-state index in [4.69, 9.17) is 11.1 Å². The highest BCUT2D eigenvalue weighted by atomic mass is 79.9. The summed E-state index contributed by atoms with van der Waals surface area (Å²) in [5.74, 6) is 0. The van der Waals surface area contributed by atoms with Gasteiger partial charge in [-0.15, -0.1) is 0 Å². The first kappa shape index (κ1) is 11.9. The molecule has 0 aromatic carbocycles. The molecule has 0 fully saturated rings. The molecule has 13 heavy (non-hydrogen) atoms. The van der Waals surface area contributed by atoms with Gasteiger partial charge in [0.1, 0.15) is 0 Å². The van der Waals surface area contributed by atoms with Gasteiger partial charge in [0.15, 0.2) is 5.03 Å². The lowest BCUT2D eigenvalue weighted by Crippen LogP contribution is -3.00. The van der Waals surface area contributed by atoms with Gasteiger partial charge < -0.3 is 17.0 Å². The minimum absolute atomic E-state index is 0. The fraction of sp³-hybridized carbons (Fsp3) is 0. The molecule has 6 N–H and O–H groups in total. The molecule has 1 heterocycles. The molecule has 72 valence electrons. The molecular formula is C4H6BrN5O2S. The molecule has 0 radical (unpaired) electrons. The maximum atomic E-state index is 10.9. The van der Waals surface area contributed by atoms with E-state index in [1.54, 1.807) is 0 Å². The third-order valence-electron chi connectivity index (χ3n) is 0.895. The number of amidine groups is 1. The van der Waals surface area contributed by atoms with E-state index < -0.39 is 11.2 Å². The molecule has 1 aromatic rings. The Bertz CT molecular complexity index is 411. The number of aromatic amines is 2. The Kier molecular flexibility index (Phi) is 4.42. The van der Waals surface area contributed by atoms with Gasteiger partial charge in [-0.2, -0.15) is 5.10 Å². The van der Waals surface area contributed by atoms with Crippen molar-refractivity contribution in [2.75, 3.05) is 0 Å². The van der Waals surface area contributed by atoms with Crippen molar-refractivity contribution in [1.82, 2.24) is 15.2 Å². The number of nitrogens with one attached hydrogen (secondary N) is 2. The van der Waals surface area contributed by atoms with Crippen molar-refractivity contribution in [3.05, 3.63) is 20.8 Å². The van der Waals surface area contributed by atoms with Gasteiger partial charge in [-0.25, -0.2) is 9.89 Å². The molecule has 1 aromatic heterocycles. The van der Waals surface area contributed by atoms with Crippen LogP contribution in [0.2, 0.25) is 0 Å². The number of rotatable bonds is 1. The largest absolute Gasteiger partial charge is 1.00 e. The van der Waals surface area contributed by atoms with Gasteiger partial charge in [-0.3, -0.25) is 20.9 Å². The highest BCUT2D eigenvalue weighted by Crippen LogP contribution is 2.03. The van der Waals surface area contributed by atoms with Crippen molar-refractivity contribution in [3.8, 4) is 0 Å². The van der Waals surface area contributed by atoms with E-state index in [1.165, 1.54) is 0 Å². The predicted molar refractivity (Wildman–Crippen MR) is 42.5 cm³/mol. The number of aromatic nitrogens is 3. The summed E-state index contributed by atoms with van der Waals surface area (Å²) in [6.07, 6.45) is 0. The summed E-state index contributed by atoms with van der Waals surface area (Å²) in [4.78, 5) is 23.3. The maximum Gasteiger partial charge on any atom is 0.342 e. The summed E-state index contributed by atoms with van der Waals surface area (Å²) >= 11 is 0.781.